The van der Waals surface area contributed by atoms with Crippen LogP contribution in [0, 0.1) is 0 Å². The van der Waals surface area contributed by atoms with Gasteiger partial charge in [0.15, 0.2) is 0 Å². The normalized spacial score (nSPS) is 18.0. The fraction of sp³-hybridized carbons (Fsp3) is 0.400. The highest BCUT2D eigenvalue weighted by molar-refractivity contribution is 6.31. The molecule has 2 amide bonds. The van der Waals surface area contributed by atoms with Crippen molar-refractivity contribution in [3.8, 4) is 0 Å². The van der Waals surface area contributed by atoms with E-state index in [4.69, 9.17) is 16.4 Å². The summed E-state index contributed by atoms with van der Waals surface area (Å²) in [6.45, 7) is 7.30. The molecule has 2 heterocycles. The number of anilines is 1. The van der Waals surface area contributed by atoms with Crippen molar-refractivity contribution >= 4 is 29.0 Å². The van der Waals surface area contributed by atoms with Gasteiger partial charge in [-0.2, -0.15) is 13.2 Å². The zero-order chi connectivity index (χ0) is 24.7. The van der Waals surface area contributed by atoms with Gasteiger partial charge in [0, 0.05) is 31.6 Å². The molecule has 1 spiro atoms. The number of rotatable bonds is 2. The summed E-state index contributed by atoms with van der Waals surface area (Å²) in [5, 5.41) is 2.13. The largest absolute Gasteiger partial charge is 0.417 e. The Morgan fingerprint density at radius 1 is 1.09 bits per heavy atom. The summed E-state index contributed by atoms with van der Waals surface area (Å²) >= 11 is 5.65. The first-order chi connectivity index (χ1) is 15.9. The minimum absolute atomic E-state index is 0.0432. The van der Waals surface area contributed by atoms with E-state index in [0.717, 1.165) is 23.4 Å². The third-order valence-electron chi connectivity index (χ3n) is 6.25. The molecule has 4 rings (SSSR count). The lowest BCUT2D eigenvalue weighted by molar-refractivity contribution is -0.137. The Balaban J connectivity index is 1.39. The molecule has 1 fully saturated rings. The van der Waals surface area contributed by atoms with E-state index in [-0.39, 0.29) is 11.1 Å². The monoisotopic (exact) mass is 493 g/mol. The highest BCUT2D eigenvalue weighted by atomic mass is 35.5. The van der Waals surface area contributed by atoms with E-state index in [2.05, 4.69) is 61.9 Å². The van der Waals surface area contributed by atoms with Crippen LogP contribution in [0.5, 0.6) is 0 Å². The van der Waals surface area contributed by atoms with E-state index < -0.39 is 28.4 Å². The molecular formula is C25H27ClF3N3O2. The molecule has 0 atom stereocenters. The summed E-state index contributed by atoms with van der Waals surface area (Å²) in [6, 6.07) is 11.2. The van der Waals surface area contributed by atoms with Crippen LogP contribution in [0.2, 0.25) is 5.02 Å². The number of nitrogens with one attached hydrogen (secondary N) is 2. The molecular weight excluding hydrogens is 467 g/mol. The van der Waals surface area contributed by atoms with Crippen molar-refractivity contribution in [2.45, 2.75) is 50.8 Å². The minimum Gasteiger partial charge on any atom is -0.324 e. The molecule has 0 bridgehead atoms. The molecule has 2 aromatic rings. The van der Waals surface area contributed by atoms with Gasteiger partial charge in [0.25, 0.3) is 0 Å². The van der Waals surface area contributed by atoms with Crippen LogP contribution in [0.15, 0.2) is 48.5 Å². The van der Waals surface area contributed by atoms with E-state index in [0.29, 0.717) is 25.9 Å². The van der Waals surface area contributed by atoms with Crippen molar-refractivity contribution in [3.05, 3.63) is 70.3 Å². The number of alkyl halides is 3. The molecule has 0 radical (unpaired) electrons. The highest BCUT2D eigenvalue weighted by Gasteiger charge is 2.40. The molecule has 2 aliphatic heterocycles. The van der Waals surface area contributed by atoms with E-state index >= 15 is 0 Å². The summed E-state index contributed by atoms with van der Waals surface area (Å²) in [5.41, 5.74) is 4.78. The quantitative estimate of drug-likeness (QED) is 0.495. The zero-order valence-corrected chi connectivity index (χ0v) is 20.0. The Bertz CT molecular complexity index is 1100. The van der Waals surface area contributed by atoms with Crippen molar-refractivity contribution < 1.29 is 22.8 Å². The molecule has 0 aromatic heterocycles. The van der Waals surface area contributed by atoms with Gasteiger partial charge < -0.3 is 10.2 Å². The third kappa shape index (κ3) is 5.18. The van der Waals surface area contributed by atoms with E-state index in [1.807, 2.05) is 0 Å². The average molecular weight is 494 g/mol. The first-order valence-electron chi connectivity index (χ1n) is 11.1. The molecule has 0 aliphatic carbocycles. The number of amides is 2. The number of hydrogen-bond acceptors (Lipinski definition) is 3. The minimum atomic E-state index is -4.60. The van der Waals surface area contributed by atoms with Crippen LogP contribution in [-0.2, 0) is 16.4 Å². The van der Waals surface area contributed by atoms with Crippen molar-refractivity contribution in [2.75, 3.05) is 18.4 Å². The van der Waals surface area contributed by atoms with Crippen LogP contribution < -0.4 is 10.8 Å². The van der Waals surface area contributed by atoms with Crippen LogP contribution in [0.4, 0.5) is 23.7 Å². The zero-order valence-electron chi connectivity index (χ0n) is 19.2. The van der Waals surface area contributed by atoms with Gasteiger partial charge in [0.05, 0.1) is 16.3 Å². The number of hydrogen-bond donors (Lipinski definition) is 2. The van der Waals surface area contributed by atoms with Gasteiger partial charge in [-0.1, -0.05) is 56.6 Å². The fourth-order valence-corrected chi connectivity index (χ4v) is 4.35. The molecule has 182 valence electrons. The summed E-state index contributed by atoms with van der Waals surface area (Å²) in [5.74, 6) is 0. The number of piperidine rings is 1. The standard InChI is InChI=1S/C25H27ClF3N3O2/c1-23(2,3)17-6-4-16(5-7-17)21-15-24(34-31-21)10-12-32(13-11-24)22(33)30-18-8-9-20(26)19(14-18)25(27,28)29/h4-9,14-15,31H,10-13H2,1-3H3,(H,30,33). The second-order valence-electron chi connectivity index (χ2n) is 9.76. The topological polar surface area (TPSA) is 53.6 Å². The van der Waals surface area contributed by atoms with Gasteiger partial charge >= 0.3 is 12.2 Å². The number of benzene rings is 2. The molecule has 2 aromatic carbocycles. The van der Waals surface area contributed by atoms with Gasteiger partial charge in [-0.05, 0) is 40.8 Å². The van der Waals surface area contributed by atoms with Crippen LogP contribution in [0.25, 0.3) is 5.70 Å². The Labute approximate surface area is 201 Å². The SMILES string of the molecule is CC(C)(C)c1ccc(C2=CC3(CCN(C(=O)Nc4ccc(Cl)c(C(F)(F)F)c4)CC3)ON2)cc1. The predicted molar refractivity (Wildman–Crippen MR) is 126 cm³/mol. The number of nitrogens with zero attached hydrogens (tertiary/aromatic N) is 1. The van der Waals surface area contributed by atoms with Gasteiger partial charge in [0.2, 0.25) is 0 Å². The maximum Gasteiger partial charge on any atom is 0.417 e. The second-order valence-corrected chi connectivity index (χ2v) is 10.2. The summed E-state index contributed by atoms with van der Waals surface area (Å²) in [7, 11) is 0. The maximum atomic E-state index is 13.1. The molecule has 2 N–H and O–H groups in total. The molecule has 5 nitrogen and oxygen atoms in total. The van der Waals surface area contributed by atoms with Crippen LogP contribution in [0.1, 0.15) is 50.3 Å². The number of urea groups is 1. The van der Waals surface area contributed by atoms with Crippen molar-refractivity contribution in [2.24, 2.45) is 0 Å². The molecule has 0 unspecified atom stereocenters. The summed E-state index contributed by atoms with van der Waals surface area (Å²) in [6.07, 6.45) is -1.42. The lowest BCUT2D eigenvalue weighted by atomic mass is 9.86. The summed E-state index contributed by atoms with van der Waals surface area (Å²) < 4.78 is 39.3. The number of hydroxylamine groups is 1. The maximum absolute atomic E-state index is 13.1. The smallest absolute Gasteiger partial charge is 0.324 e. The average Bonchev–Trinajstić information content (AvgIpc) is 3.17. The molecule has 2 aliphatic rings. The fourth-order valence-electron chi connectivity index (χ4n) is 4.13. The third-order valence-corrected chi connectivity index (χ3v) is 6.58. The number of likely N-dealkylation sites (tertiary alicyclic amines) is 1. The Morgan fingerprint density at radius 3 is 2.32 bits per heavy atom. The van der Waals surface area contributed by atoms with Crippen LogP contribution >= 0.6 is 11.6 Å². The number of halogens is 4. The lowest BCUT2D eigenvalue weighted by Crippen LogP contribution is -2.48. The van der Waals surface area contributed by atoms with Gasteiger partial charge in [-0.3, -0.25) is 10.3 Å². The van der Waals surface area contributed by atoms with Gasteiger partial charge in [0.1, 0.15) is 5.60 Å². The van der Waals surface area contributed by atoms with E-state index in [9.17, 15) is 18.0 Å². The Morgan fingerprint density at radius 2 is 1.74 bits per heavy atom. The second kappa shape index (κ2) is 8.82. The predicted octanol–water partition coefficient (Wildman–Crippen LogP) is 6.60. The van der Waals surface area contributed by atoms with Crippen molar-refractivity contribution in [1.82, 2.24) is 10.4 Å². The molecule has 0 saturated carbocycles. The molecule has 34 heavy (non-hydrogen) atoms. The number of carbonyl (C=O) groups is 1. The molecule has 9 heteroatoms. The first-order valence-corrected chi connectivity index (χ1v) is 11.4. The van der Waals surface area contributed by atoms with Crippen molar-refractivity contribution in [3.63, 3.8) is 0 Å². The van der Waals surface area contributed by atoms with Crippen LogP contribution in [-0.4, -0.2) is 29.6 Å². The van der Waals surface area contributed by atoms with Crippen LogP contribution in [0.3, 0.4) is 0 Å². The van der Waals surface area contributed by atoms with Crippen molar-refractivity contribution in [1.29, 1.82) is 0 Å². The van der Waals surface area contributed by atoms with Gasteiger partial charge in [-0.25, -0.2) is 4.79 Å². The van der Waals surface area contributed by atoms with Gasteiger partial charge in [-0.15, -0.1) is 0 Å². The van der Waals surface area contributed by atoms with E-state index in [1.165, 1.54) is 11.6 Å². The lowest BCUT2D eigenvalue weighted by Gasteiger charge is -2.36. The Kier molecular flexibility index (Phi) is 6.33. The van der Waals surface area contributed by atoms with E-state index in [1.54, 1.807) is 4.90 Å². The first kappa shape index (κ1) is 24.4. The number of carbonyl (C=O) groups excluding carboxylic acids is 1. The molecule has 1 saturated heterocycles. The highest BCUT2D eigenvalue weighted by Crippen LogP contribution is 2.37. The summed E-state index contributed by atoms with van der Waals surface area (Å²) in [4.78, 5) is 20.1. The Hall–Kier alpha value is -2.71.